The summed E-state index contributed by atoms with van der Waals surface area (Å²) < 4.78 is 6.36. The Balaban J connectivity index is 1.33. The molecule has 0 aromatic heterocycles. The summed E-state index contributed by atoms with van der Waals surface area (Å²) >= 11 is 3.38. The number of benzene rings is 2. The van der Waals surface area contributed by atoms with Gasteiger partial charge in [-0.3, -0.25) is 14.6 Å². The molecular weight excluding hydrogens is 488 g/mol. The summed E-state index contributed by atoms with van der Waals surface area (Å²) in [6.45, 7) is 5.20. The van der Waals surface area contributed by atoms with E-state index in [1.165, 1.54) is 0 Å². The summed E-state index contributed by atoms with van der Waals surface area (Å²) in [4.78, 5) is 31.2. The van der Waals surface area contributed by atoms with Crippen molar-refractivity contribution in [2.75, 3.05) is 51.3 Å². The summed E-state index contributed by atoms with van der Waals surface area (Å²) in [6, 6.07) is 14.7. The van der Waals surface area contributed by atoms with Crippen molar-refractivity contribution in [3.63, 3.8) is 0 Å². The molecule has 8 nitrogen and oxygen atoms in total. The van der Waals surface area contributed by atoms with Gasteiger partial charge in [0.15, 0.2) is 0 Å². The van der Waals surface area contributed by atoms with E-state index < -0.39 is 17.7 Å². The summed E-state index contributed by atoms with van der Waals surface area (Å²) in [5.41, 5.74) is 0.623. The summed E-state index contributed by atoms with van der Waals surface area (Å²) in [6.07, 6.45) is -0.829. The van der Waals surface area contributed by atoms with Crippen LogP contribution in [0.25, 0.3) is 0 Å². The molecule has 2 atom stereocenters. The second-order valence-corrected chi connectivity index (χ2v) is 9.51. The Morgan fingerprint density at radius 3 is 2.39 bits per heavy atom. The molecule has 2 aromatic carbocycles. The maximum atomic E-state index is 13.1. The lowest BCUT2D eigenvalue weighted by molar-refractivity contribution is -0.132. The largest absolute Gasteiger partial charge is 0.495 e. The molecule has 2 aromatic rings. The zero-order valence-corrected chi connectivity index (χ0v) is 20.4. The van der Waals surface area contributed by atoms with E-state index in [1.54, 1.807) is 14.0 Å². The maximum absolute atomic E-state index is 13.1. The van der Waals surface area contributed by atoms with Gasteiger partial charge in [0.1, 0.15) is 11.3 Å². The van der Waals surface area contributed by atoms with Gasteiger partial charge in [0.2, 0.25) is 0 Å². The quantitative estimate of drug-likeness (QED) is 0.549. The van der Waals surface area contributed by atoms with E-state index in [4.69, 9.17) is 4.74 Å². The minimum atomic E-state index is -1.14. The molecule has 2 aliphatic rings. The fourth-order valence-electron chi connectivity index (χ4n) is 4.47. The second-order valence-electron chi connectivity index (χ2n) is 8.59. The number of amides is 3. The van der Waals surface area contributed by atoms with Crippen molar-refractivity contribution in [1.82, 2.24) is 15.1 Å². The van der Waals surface area contributed by atoms with Gasteiger partial charge in [-0.2, -0.15) is 0 Å². The molecule has 2 aliphatic heterocycles. The molecular formula is C24H29BrN4O4. The molecule has 176 valence electrons. The van der Waals surface area contributed by atoms with Crippen molar-refractivity contribution < 1.29 is 19.4 Å². The first kappa shape index (κ1) is 23.5. The van der Waals surface area contributed by atoms with E-state index in [9.17, 15) is 14.7 Å². The van der Waals surface area contributed by atoms with Crippen molar-refractivity contribution in [2.45, 2.75) is 18.6 Å². The van der Waals surface area contributed by atoms with Gasteiger partial charge >= 0.3 is 6.03 Å². The number of carbonyl (C=O) groups is 2. The molecule has 2 heterocycles. The van der Waals surface area contributed by atoms with Crippen LogP contribution in [0.1, 0.15) is 12.5 Å². The number of aliphatic hydroxyl groups excluding tert-OH is 1. The van der Waals surface area contributed by atoms with Gasteiger partial charge in [-0.05, 0) is 36.8 Å². The van der Waals surface area contributed by atoms with Gasteiger partial charge in [-0.15, -0.1) is 0 Å². The van der Waals surface area contributed by atoms with Gasteiger partial charge in [0.05, 0.1) is 25.4 Å². The minimum Gasteiger partial charge on any atom is -0.495 e. The molecule has 0 bridgehead atoms. The lowest BCUT2D eigenvalue weighted by Crippen LogP contribution is -2.50. The third-order valence-corrected chi connectivity index (χ3v) is 6.89. The first-order valence-corrected chi connectivity index (χ1v) is 11.8. The first-order chi connectivity index (χ1) is 15.8. The van der Waals surface area contributed by atoms with Crippen molar-refractivity contribution in [2.24, 2.45) is 0 Å². The molecule has 3 amide bonds. The Kier molecular flexibility index (Phi) is 6.92. The van der Waals surface area contributed by atoms with Crippen LogP contribution in [0.15, 0.2) is 53.0 Å². The number of nitrogens with zero attached hydrogens (tertiary/aromatic N) is 3. The molecule has 4 rings (SSSR count). The summed E-state index contributed by atoms with van der Waals surface area (Å²) in [7, 11) is 1.67. The van der Waals surface area contributed by atoms with Gasteiger partial charge in [-0.25, -0.2) is 4.79 Å². The summed E-state index contributed by atoms with van der Waals surface area (Å²) in [5, 5.41) is 13.5. The maximum Gasteiger partial charge on any atom is 0.325 e. The first-order valence-electron chi connectivity index (χ1n) is 11.0. The van der Waals surface area contributed by atoms with Crippen LogP contribution in [0.5, 0.6) is 5.75 Å². The number of carbonyl (C=O) groups excluding carboxylic acids is 2. The predicted molar refractivity (Wildman–Crippen MR) is 129 cm³/mol. The number of anilines is 1. The van der Waals surface area contributed by atoms with E-state index >= 15 is 0 Å². The van der Waals surface area contributed by atoms with Crippen LogP contribution >= 0.6 is 15.9 Å². The average molecular weight is 517 g/mol. The lowest BCUT2D eigenvalue weighted by Gasteiger charge is -2.37. The van der Waals surface area contributed by atoms with E-state index in [1.807, 2.05) is 48.5 Å². The molecule has 0 saturated carbocycles. The number of hydrogen-bond donors (Lipinski definition) is 2. The Hall–Kier alpha value is -2.62. The van der Waals surface area contributed by atoms with E-state index in [2.05, 4.69) is 31.0 Å². The van der Waals surface area contributed by atoms with Crippen molar-refractivity contribution in [1.29, 1.82) is 0 Å². The standard InChI is InChI=1S/C24H29BrN4O4/c1-24(17-7-9-18(25)10-8-17)22(31)29(23(32)26-24)16-19(30)15-27-11-13-28(14-12-27)20-5-3-4-6-21(20)33-2/h3-10,19,30H,11-16H2,1-2H3,(H,26,32). The van der Waals surface area contributed by atoms with Gasteiger partial charge in [0.25, 0.3) is 5.91 Å². The third-order valence-electron chi connectivity index (χ3n) is 6.36. The Labute approximate surface area is 202 Å². The van der Waals surface area contributed by atoms with Crippen molar-refractivity contribution >= 4 is 33.6 Å². The Bertz CT molecular complexity index is 1010. The predicted octanol–water partition coefficient (Wildman–Crippen LogP) is 2.41. The van der Waals surface area contributed by atoms with Crippen LogP contribution in [0.4, 0.5) is 10.5 Å². The zero-order valence-electron chi connectivity index (χ0n) is 18.8. The zero-order chi connectivity index (χ0) is 23.6. The third kappa shape index (κ3) is 4.85. The average Bonchev–Trinajstić information content (AvgIpc) is 3.03. The molecule has 2 unspecified atom stereocenters. The highest BCUT2D eigenvalue weighted by molar-refractivity contribution is 9.10. The van der Waals surface area contributed by atoms with E-state index in [0.717, 1.165) is 47.0 Å². The highest BCUT2D eigenvalue weighted by atomic mass is 79.9. The van der Waals surface area contributed by atoms with E-state index in [-0.39, 0.29) is 12.5 Å². The van der Waals surface area contributed by atoms with Crippen LogP contribution in [-0.4, -0.2) is 79.3 Å². The van der Waals surface area contributed by atoms with Gasteiger partial charge in [-0.1, -0.05) is 40.2 Å². The Morgan fingerprint density at radius 1 is 1.06 bits per heavy atom. The van der Waals surface area contributed by atoms with Crippen LogP contribution in [0, 0.1) is 0 Å². The fourth-order valence-corrected chi connectivity index (χ4v) is 4.73. The molecule has 2 N–H and O–H groups in total. The molecule has 9 heteroatoms. The number of nitrogens with one attached hydrogen (secondary N) is 1. The second kappa shape index (κ2) is 9.70. The number of ether oxygens (including phenoxy) is 1. The van der Waals surface area contributed by atoms with Crippen molar-refractivity contribution in [3.8, 4) is 5.75 Å². The lowest BCUT2D eigenvalue weighted by atomic mass is 9.92. The molecule has 0 radical (unpaired) electrons. The number of β-amino-alcohol motifs (C(OH)–C–C–N with tert-alkyl or cyclic N) is 1. The number of urea groups is 1. The SMILES string of the molecule is COc1ccccc1N1CCN(CC(O)CN2C(=O)NC(C)(c3ccc(Br)cc3)C2=O)CC1. The number of rotatable bonds is 7. The highest BCUT2D eigenvalue weighted by Crippen LogP contribution is 2.30. The smallest absolute Gasteiger partial charge is 0.325 e. The minimum absolute atomic E-state index is 0.0382. The molecule has 2 saturated heterocycles. The Morgan fingerprint density at radius 2 is 1.73 bits per heavy atom. The monoisotopic (exact) mass is 516 g/mol. The number of para-hydroxylation sites is 2. The van der Waals surface area contributed by atoms with Crippen LogP contribution in [-0.2, 0) is 10.3 Å². The molecule has 0 aliphatic carbocycles. The number of hydrogen-bond acceptors (Lipinski definition) is 6. The number of imide groups is 1. The number of aliphatic hydroxyl groups is 1. The van der Waals surface area contributed by atoms with Crippen LogP contribution in [0.3, 0.4) is 0 Å². The number of methoxy groups -OCH3 is 1. The molecule has 0 spiro atoms. The molecule has 33 heavy (non-hydrogen) atoms. The molecule has 2 fully saturated rings. The van der Waals surface area contributed by atoms with Crippen molar-refractivity contribution in [3.05, 3.63) is 58.6 Å². The number of piperazine rings is 1. The van der Waals surface area contributed by atoms with E-state index in [0.29, 0.717) is 12.1 Å². The summed E-state index contributed by atoms with van der Waals surface area (Å²) in [5.74, 6) is 0.494. The number of halogens is 1. The van der Waals surface area contributed by atoms with Gasteiger partial charge < -0.3 is 20.1 Å². The fraction of sp³-hybridized carbons (Fsp3) is 0.417. The van der Waals surface area contributed by atoms with Crippen LogP contribution < -0.4 is 15.0 Å². The van der Waals surface area contributed by atoms with Crippen LogP contribution in [0.2, 0.25) is 0 Å². The normalized spacial score (nSPS) is 22.4. The topological polar surface area (TPSA) is 85.3 Å². The van der Waals surface area contributed by atoms with Gasteiger partial charge in [0, 0.05) is 37.2 Å². The highest BCUT2D eigenvalue weighted by Gasteiger charge is 2.49.